The Hall–Kier alpha value is -2.52. The molecule has 4 nitrogen and oxygen atoms in total. The number of benzene rings is 3. The first-order chi connectivity index (χ1) is 13.8. The van der Waals surface area contributed by atoms with Crippen LogP contribution in [0.3, 0.4) is 0 Å². The fourth-order valence-corrected chi connectivity index (χ4v) is 5.18. The summed E-state index contributed by atoms with van der Waals surface area (Å²) in [4.78, 5) is 2.79. The van der Waals surface area contributed by atoms with Gasteiger partial charge in [-0.15, -0.1) is 0 Å². The van der Waals surface area contributed by atoms with E-state index in [1.807, 2.05) is 37.3 Å². The smallest absolute Gasteiger partial charge is 0.207 e. The fourth-order valence-electron chi connectivity index (χ4n) is 3.11. The summed E-state index contributed by atoms with van der Waals surface area (Å²) in [7, 11) is -3.84. The second kappa shape index (κ2) is 7.72. The third-order valence-corrected chi connectivity index (χ3v) is 6.99. The van der Waals surface area contributed by atoms with Crippen LogP contribution in [0.5, 0.6) is 0 Å². The average Bonchev–Trinajstić information content (AvgIpc) is 2.68. The van der Waals surface area contributed by atoms with Crippen LogP contribution in [0.4, 0.5) is 4.39 Å². The molecule has 0 atom stereocenters. The molecule has 0 aliphatic rings. The summed E-state index contributed by atoms with van der Waals surface area (Å²) in [6, 6.07) is 20.6. The molecule has 4 aromatic rings. The first kappa shape index (κ1) is 19.8. The Kier molecular flexibility index (Phi) is 5.26. The van der Waals surface area contributed by atoms with Gasteiger partial charge in [-0.2, -0.15) is 8.42 Å². The molecular weight excluding hydrogens is 502 g/mol. The maximum absolute atomic E-state index is 13.8. The molecule has 0 unspecified atom stereocenters. The van der Waals surface area contributed by atoms with Gasteiger partial charge in [0.05, 0.1) is 19.4 Å². The second-order valence-electron chi connectivity index (χ2n) is 6.67. The highest BCUT2D eigenvalue weighted by molar-refractivity contribution is 14.1. The van der Waals surface area contributed by atoms with E-state index in [1.54, 1.807) is 36.5 Å². The van der Waals surface area contributed by atoms with Crippen LogP contribution in [0.15, 0.2) is 83.9 Å². The van der Waals surface area contributed by atoms with Gasteiger partial charge in [0, 0.05) is 5.39 Å². The van der Waals surface area contributed by atoms with Crippen molar-refractivity contribution in [2.45, 2.75) is 11.8 Å². The number of hydrogen-bond acceptors (Lipinski definition) is 2. The normalized spacial score (nSPS) is 11.6. The molecule has 0 amide bonds. The summed E-state index contributed by atoms with van der Waals surface area (Å²) in [5.41, 5.74) is 2.49. The van der Waals surface area contributed by atoms with Crippen LogP contribution in [-0.2, 0) is 10.0 Å². The quantitative estimate of drug-likeness (QED) is 0.312. The molecule has 0 spiro atoms. The highest BCUT2D eigenvalue weighted by Crippen LogP contribution is 2.29. The van der Waals surface area contributed by atoms with Crippen molar-refractivity contribution in [2.24, 2.45) is 0 Å². The summed E-state index contributed by atoms with van der Waals surface area (Å²) >= 11 is 2.17. The largest absolute Gasteiger partial charge is 0.306 e. The average molecular weight is 519 g/mol. The van der Waals surface area contributed by atoms with Gasteiger partial charge in [0.25, 0.3) is 5.69 Å². The molecule has 7 heteroatoms. The lowest BCUT2D eigenvalue weighted by molar-refractivity contribution is -0.624. The Morgan fingerprint density at radius 1 is 0.966 bits per heavy atom. The van der Waals surface area contributed by atoms with Crippen LogP contribution < -0.4 is 9.51 Å². The van der Waals surface area contributed by atoms with Crippen molar-refractivity contribution in [3.63, 3.8) is 0 Å². The summed E-state index contributed by atoms with van der Waals surface area (Å²) in [5, 5.41) is 1.44. The number of sulfonamides is 1. The third kappa shape index (κ3) is 3.97. The van der Waals surface area contributed by atoms with Crippen molar-refractivity contribution >= 4 is 43.4 Å². The monoisotopic (exact) mass is 519 g/mol. The van der Waals surface area contributed by atoms with Gasteiger partial charge in [0.2, 0.25) is 6.20 Å². The molecular formula is C22H17FIN2O2S+. The number of rotatable bonds is 4. The van der Waals surface area contributed by atoms with Crippen molar-refractivity contribution in [3.8, 4) is 11.3 Å². The van der Waals surface area contributed by atoms with Crippen LogP contribution in [0.1, 0.15) is 5.56 Å². The van der Waals surface area contributed by atoms with E-state index >= 15 is 0 Å². The molecule has 0 saturated heterocycles. The minimum Gasteiger partial charge on any atom is -0.207 e. The Bertz CT molecular complexity index is 1310. The number of hydrogen-bond donors (Lipinski definition) is 1. The summed E-state index contributed by atoms with van der Waals surface area (Å²) < 4.78 is 42.1. The van der Waals surface area contributed by atoms with Gasteiger partial charge in [-0.1, -0.05) is 45.4 Å². The second-order valence-corrected chi connectivity index (χ2v) is 9.41. The van der Waals surface area contributed by atoms with Crippen LogP contribution in [0.25, 0.3) is 22.0 Å². The zero-order valence-electron chi connectivity index (χ0n) is 15.4. The third-order valence-electron chi connectivity index (χ3n) is 4.56. The van der Waals surface area contributed by atoms with Gasteiger partial charge >= 0.3 is 10.0 Å². The first-order valence-corrected chi connectivity index (χ1v) is 11.4. The van der Waals surface area contributed by atoms with Gasteiger partial charge < -0.3 is 0 Å². The number of nitrogens with zero attached hydrogens (tertiary/aromatic N) is 1. The lowest BCUT2D eigenvalue weighted by Crippen LogP contribution is -2.50. The summed E-state index contributed by atoms with van der Waals surface area (Å²) in [5.74, 6) is -0.381. The number of nitrogens with one attached hydrogen (secondary N) is 1. The van der Waals surface area contributed by atoms with E-state index in [1.165, 1.54) is 16.8 Å². The number of fused-ring (bicyclic) bond motifs is 1. The highest BCUT2D eigenvalue weighted by atomic mass is 127. The molecule has 3 aromatic carbocycles. The molecule has 1 N–H and O–H groups in total. The molecule has 0 radical (unpaired) electrons. The van der Waals surface area contributed by atoms with E-state index in [4.69, 9.17) is 0 Å². The minimum atomic E-state index is -3.84. The molecule has 1 heterocycles. The number of aryl methyl sites for hydroxylation is 1. The number of halogens is 2. The predicted molar refractivity (Wildman–Crippen MR) is 120 cm³/mol. The molecule has 0 bridgehead atoms. The lowest BCUT2D eigenvalue weighted by atomic mass is 10.1. The van der Waals surface area contributed by atoms with Gasteiger partial charge in [-0.3, -0.25) is 0 Å². The molecule has 0 aliphatic carbocycles. The van der Waals surface area contributed by atoms with E-state index in [0.717, 1.165) is 20.1 Å². The molecule has 146 valence electrons. The van der Waals surface area contributed by atoms with Crippen molar-refractivity contribution < 1.29 is 17.5 Å². The molecule has 0 saturated carbocycles. The van der Waals surface area contributed by atoms with Crippen molar-refractivity contribution in [1.29, 1.82) is 0 Å². The minimum absolute atomic E-state index is 0.156. The molecule has 1 aromatic heterocycles. The Morgan fingerprint density at radius 2 is 1.66 bits per heavy atom. The van der Waals surface area contributed by atoms with Crippen molar-refractivity contribution in [2.75, 3.05) is 4.83 Å². The predicted octanol–water partition coefficient (Wildman–Crippen LogP) is 4.78. The maximum atomic E-state index is 13.8. The van der Waals surface area contributed by atoms with Crippen molar-refractivity contribution in [3.05, 3.63) is 93.9 Å². The van der Waals surface area contributed by atoms with E-state index in [-0.39, 0.29) is 10.7 Å². The lowest BCUT2D eigenvalue weighted by Gasteiger charge is -2.11. The van der Waals surface area contributed by atoms with E-state index in [2.05, 4.69) is 27.4 Å². The highest BCUT2D eigenvalue weighted by Gasteiger charge is 2.26. The SMILES string of the molecule is Cc1ccc(S(=O)(=O)N[n+]2cc3cc(F)ccc3c(I)c2-c2ccccc2)cc1. The number of pyridine rings is 1. The van der Waals surface area contributed by atoms with Crippen molar-refractivity contribution in [1.82, 2.24) is 0 Å². The maximum Gasteiger partial charge on any atom is 0.306 e. The Labute approximate surface area is 182 Å². The molecule has 29 heavy (non-hydrogen) atoms. The van der Waals surface area contributed by atoms with Gasteiger partial charge in [0.1, 0.15) is 5.82 Å². The van der Waals surface area contributed by atoms with Gasteiger partial charge in [0.15, 0.2) is 0 Å². The van der Waals surface area contributed by atoms with E-state index in [0.29, 0.717) is 11.1 Å². The summed E-state index contributed by atoms with van der Waals surface area (Å²) in [6.45, 7) is 1.90. The molecule has 0 fully saturated rings. The van der Waals surface area contributed by atoms with E-state index in [9.17, 15) is 12.8 Å². The van der Waals surface area contributed by atoms with Gasteiger partial charge in [-0.05, 0) is 72.0 Å². The Balaban J connectivity index is 1.93. The standard InChI is InChI=1S/C22H17FIN2O2S/c1-15-7-10-19(11-8-15)29(27,28)25-26-14-17-13-18(23)9-12-20(17)21(24)22(26)16-5-3-2-4-6-16/h2-14,25H,1H3/q+1. The van der Waals surface area contributed by atoms with Crippen LogP contribution in [0.2, 0.25) is 0 Å². The number of aromatic nitrogens is 1. The molecule has 4 rings (SSSR count). The fraction of sp³-hybridized carbons (Fsp3) is 0.0455. The van der Waals surface area contributed by atoms with Gasteiger partial charge in [-0.25, -0.2) is 4.39 Å². The Morgan fingerprint density at radius 3 is 2.34 bits per heavy atom. The van der Waals surface area contributed by atoms with Crippen LogP contribution >= 0.6 is 22.6 Å². The zero-order valence-corrected chi connectivity index (χ0v) is 18.4. The topological polar surface area (TPSA) is 50.1 Å². The first-order valence-electron chi connectivity index (χ1n) is 8.83. The molecule has 0 aliphatic heterocycles. The summed E-state index contributed by atoms with van der Waals surface area (Å²) in [6.07, 6.45) is 1.61. The zero-order chi connectivity index (χ0) is 20.6. The van der Waals surface area contributed by atoms with E-state index < -0.39 is 10.0 Å². The van der Waals surface area contributed by atoms with Crippen LogP contribution in [-0.4, -0.2) is 8.42 Å². The van der Waals surface area contributed by atoms with Crippen LogP contribution in [0, 0.1) is 16.3 Å².